The van der Waals surface area contributed by atoms with Gasteiger partial charge in [-0.05, 0) is 24.5 Å². The third-order valence-corrected chi connectivity index (χ3v) is 2.90. The first-order valence-corrected chi connectivity index (χ1v) is 6.50. The summed E-state index contributed by atoms with van der Waals surface area (Å²) in [5.41, 5.74) is 1.78. The zero-order valence-corrected chi connectivity index (χ0v) is 11.5. The van der Waals surface area contributed by atoms with Crippen molar-refractivity contribution < 1.29 is 9.53 Å². The molecule has 4 heteroatoms. The molecular weight excluding hydrogens is 240 g/mol. The molecule has 0 aliphatic rings. The molecule has 0 heterocycles. The molecule has 0 spiro atoms. The van der Waals surface area contributed by atoms with E-state index in [9.17, 15) is 4.79 Å². The van der Waals surface area contributed by atoms with Crippen LogP contribution in [0.4, 0.5) is 5.69 Å². The van der Waals surface area contributed by atoms with Gasteiger partial charge in [-0.1, -0.05) is 31.5 Å². The van der Waals surface area contributed by atoms with Crippen LogP contribution in [0, 0.1) is 17.2 Å². The molecule has 1 unspecified atom stereocenters. The number of methoxy groups -OCH3 is 1. The molecule has 1 N–H and O–H groups in total. The molecule has 1 aromatic rings. The van der Waals surface area contributed by atoms with Gasteiger partial charge in [-0.25, -0.2) is 0 Å². The number of carbonyl (C=O) groups is 1. The third kappa shape index (κ3) is 4.72. The number of benzene rings is 1. The number of nitrogens with zero attached hydrogens (tertiary/aromatic N) is 1. The highest BCUT2D eigenvalue weighted by molar-refractivity contribution is 5.94. The average molecular weight is 260 g/mol. The SMILES string of the molecule is CCCC(C#N)C(=O)Nc1ccccc1CCOC. The van der Waals surface area contributed by atoms with E-state index in [-0.39, 0.29) is 5.91 Å². The molecule has 19 heavy (non-hydrogen) atoms. The van der Waals surface area contributed by atoms with E-state index in [2.05, 4.69) is 5.32 Å². The van der Waals surface area contributed by atoms with E-state index in [1.165, 1.54) is 0 Å². The number of ether oxygens (including phenoxy) is 1. The number of nitriles is 1. The van der Waals surface area contributed by atoms with Gasteiger partial charge in [0.05, 0.1) is 12.7 Å². The molecule has 0 aromatic heterocycles. The Labute approximate surface area is 114 Å². The minimum absolute atomic E-state index is 0.228. The number of nitrogens with one attached hydrogen (secondary N) is 1. The fraction of sp³-hybridized carbons (Fsp3) is 0.467. The van der Waals surface area contributed by atoms with Gasteiger partial charge in [0, 0.05) is 12.8 Å². The number of carbonyl (C=O) groups excluding carboxylic acids is 1. The maximum absolute atomic E-state index is 12.0. The van der Waals surface area contributed by atoms with Crippen LogP contribution in [0.2, 0.25) is 0 Å². The van der Waals surface area contributed by atoms with E-state index < -0.39 is 5.92 Å². The first kappa shape index (κ1) is 15.2. The monoisotopic (exact) mass is 260 g/mol. The Bertz CT molecular complexity index is 452. The van der Waals surface area contributed by atoms with Crippen LogP contribution in [-0.4, -0.2) is 19.6 Å². The standard InChI is InChI=1S/C15H20N2O2/c1-3-6-13(11-16)15(18)17-14-8-5-4-7-12(14)9-10-19-2/h4-5,7-8,13H,3,6,9-10H2,1-2H3,(H,17,18). The highest BCUT2D eigenvalue weighted by Crippen LogP contribution is 2.17. The molecule has 1 amide bonds. The van der Waals surface area contributed by atoms with Crippen molar-refractivity contribution >= 4 is 11.6 Å². The van der Waals surface area contributed by atoms with Crippen LogP contribution in [0.5, 0.6) is 0 Å². The van der Waals surface area contributed by atoms with Crippen LogP contribution in [0.3, 0.4) is 0 Å². The summed E-state index contributed by atoms with van der Waals surface area (Å²) >= 11 is 0. The summed E-state index contributed by atoms with van der Waals surface area (Å²) < 4.78 is 5.05. The lowest BCUT2D eigenvalue weighted by Gasteiger charge is -2.13. The summed E-state index contributed by atoms with van der Waals surface area (Å²) in [5, 5.41) is 11.8. The summed E-state index contributed by atoms with van der Waals surface area (Å²) in [7, 11) is 1.65. The number of para-hydroxylation sites is 1. The maximum Gasteiger partial charge on any atom is 0.241 e. The van der Waals surface area contributed by atoms with Crippen molar-refractivity contribution in [1.82, 2.24) is 0 Å². The molecular formula is C15H20N2O2. The zero-order valence-electron chi connectivity index (χ0n) is 11.5. The maximum atomic E-state index is 12.0. The van der Waals surface area contributed by atoms with E-state index in [1.54, 1.807) is 7.11 Å². The summed E-state index contributed by atoms with van der Waals surface area (Å²) in [5.74, 6) is -0.810. The Morgan fingerprint density at radius 1 is 1.47 bits per heavy atom. The van der Waals surface area contributed by atoms with E-state index in [4.69, 9.17) is 10.00 Å². The number of anilines is 1. The highest BCUT2D eigenvalue weighted by Gasteiger charge is 2.17. The summed E-state index contributed by atoms with van der Waals surface area (Å²) in [6.45, 7) is 2.56. The van der Waals surface area contributed by atoms with Crippen molar-refractivity contribution in [3.63, 3.8) is 0 Å². The summed E-state index contributed by atoms with van der Waals surface area (Å²) in [6.07, 6.45) is 2.14. The number of amides is 1. The Balaban J connectivity index is 2.75. The molecule has 1 atom stereocenters. The molecule has 1 aromatic carbocycles. The Hall–Kier alpha value is -1.86. The van der Waals surface area contributed by atoms with E-state index in [1.807, 2.05) is 37.3 Å². The van der Waals surface area contributed by atoms with Crippen molar-refractivity contribution in [2.45, 2.75) is 26.2 Å². The molecule has 4 nitrogen and oxygen atoms in total. The van der Waals surface area contributed by atoms with Crippen molar-refractivity contribution in [2.75, 3.05) is 19.0 Å². The lowest BCUT2D eigenvalue weighted by Crippen LogP contribution is -2.22. The minimum atomic E-state index is -0.583. The summed E-state index contributed by atoms with van der Waals surface area (Å²) in [4.78, 5) is 12.0. The highest BCUT2D eigenvalue weighted by atomic mass is 16.5. The second-order valence-electron chi connectivity index (χ2n) is 4.36. The molecule has 0 saturated heterocycles. The second-order valence-corrected chi connectivity index (χ2v) is 4.36. The average Bonchev–Trinajstić information content (AvgIpc) is 2.43. The van der Waals surface area contributed by atoms with Crippen LogP contribution in [0.15, 0.2) is 24.3 Å². The first-order chi connectivity index (χ1) is 9.22. The third-order valence-electron chi connectivity index (χ3n) is 2.90. The lowest BCUT2D eigenvalue weighted by molar-refractivity contribution is -0.118. The van der Waals surface area contributed by atoms with Crippen molar-refractivity contribution in [3.8, 4) is 6.07 Å². The van der Waals surface area contributed by atoms with Crippen LogP contribution < -0.4 is 5.32 Å². The number of rotatable bonds is 7. The fourth-order valence-corrected chi connectivity index (χ4v) is 1.84. The van der Waals surface area contributed by atoms with Crippen molar-refractivity contribution in [1.29, 1.82) is 5.26 Å². The lowest BCUT2D eigenvalue weighted by atomic mass is 10.0. The molecule has 0 aliphatic carbocycles. The van der Waals surface area contributed by atoms with Crippen LogP contribution in [-0.2, 0) is 16.0 Å². The topological polar surface area (TPSA) is 62.1 Å². The Kier molecular flexibility index (Phi) is 6.62. The van der Waals surface area contributed by atoms with Gasteiger partial charge in [-0.2, -0.15) is 5.26 Å². The Morgan fingerprint density at radius 3 is 2.84 bits per heavy atom. The molecule has 0 bridgehead atoms. The molecule has 0 saturated carbocycles. The van der Waals surface area contributed by atoms with Crippen molar-refractivity contribution in [2.24, 2.45) is 5.92 Å². The molecule has 1 rings (SSSR count). The molecule has 0 radical (unpaired) electrons. The van der Waals surface area contributed by atoms with Gasteiger partial charge in [0.1, 0.15) is 5.92 Å². The fourth-order valence-electron chi connectivity index (χ4n) is 1.84. The smallest absolute Gasteiger partial charge is 0.241 e. The normalized spacial score (nSPS) is 11.6. The number of hydrogen-bond donors (Lipinski definition) is 1. The van der Waals surface area contributed by atoms with Gasteiger partial charge in [0.25, 0.3) is 0 Å². The van der Waals surface area contributed by atoms with E-state index in [0.717, 1.165) is 24.1 Å². The predicted molar refractivity (Wildman–Crippen MR) is 74.7 cm³/mol. The first-order valence-electron chi connectivity index (χ1n) is 6.50. The Morgan fingerprint density at radius 2 is 2.21 bits per heavy atom. The van der Waals surface area contributed by atoms with Crippen molar-refractivity contribution in [3.05, 3.63) is 29.8 Å². The summed E-state index contributed by atoms with van der Waals surface area (Å²) in [6, 6.07) is 9.65. The van der Waals surface area contributed by atoms with Gasteiger partial charge in [0.15, 0.2) is 0 Å². The molecule has 0 fully saturated rings. The van der Waals surface area contributed by atoms with E-state index in [0.29, 0.717) is 13.0 Å². The van der Waals surface area contributed by atoms with E-state index >= 15 is 0 Å². The number of hydrogen-bond acceptors (Lipinski definition) is 3. The van der Waals surface area contributed by atoms with Gasteiger partial charge in [-0.3, -0.25) is 4.79 Å². The van der Waals surface area contributed by atoms with Gasteiger partial charge >= 0.3 is 0 Å². The largest absolute Gasteiger partial charge is 0.384 e. The quantitative estimate of drug-likeness (QED) is 0.820. The zero-order chi connectivity index (χ0) is 14.1. The predicted octanol–water partition coefficient (Wildman–Crippen LogP) is 2.75. The second kappa shape index (κ2) is 8.28. The molecule has 102 valence electrons. The van der Waals surface area contributed by atoms with Crippen LogP contribution in [0.25, 0.3) is 0 Å². The minimum Gasteiger partial charge on any atom is -0.384 e. The van der Waals surface area contributed by atoms with Crippen LogP contribution >= 0.6 is 0 Å². The van der Waals surface area contributed by atoms with Gasteiger partial charge in [0.2, 0.25) is 5.91 Å². The molecule has 0 aliphatic heterocycles. The van der Waals surface area contributed by atoms with Gasteiger partial charge in [-0.15, -0.1) is 0 Å². The van der Waals surface area contributed by atoms with Crippen LogP contribution in [0.1, 0.15) is 25.3 Å². The van der Waals surface area contributed by atoms with Gasteiger partial charge < -0.3 is 10.1 Å².